The van der Waals surface area contributed by atoms with E-state index in [9.17, 15) is 9.59 Å². The number of nitrogens with zero attached hydrogens (tertiary/aromatic N) is 3. The number of carbonyl (C=O) groups is 2. The summed E-state index contributed by atoms with van der Waals surface area (Å²) in [6.07, 6.45) is 0. The zero-order valence-corrected chi connectivity index (χ0v) is 17.7. The average Bonchev–Trinajstić information content (AvgIpc) is 3.00. The summed E-state index contributed by atoms with van der Waals surface area (Å²) < 4.78 is 5.71. The molecule has 1 fully saturated rings. The lowest BCUT2D eigenvalue weighted by molar-refractivity contribution is -0.120. The van der Waals surface area contributed by atoms with E-state index in [1.165, 1.54) is 4.90 Å². The molecule has 0 aliphatic carbocycles. The normalized spacial score (nSPS) is 17.8. The van der Waals surface area contributed by atoms with Crippen molar-refractivity contribution in [2.45, 2.75) is 13.8 Å². The number of carbonyl (C=O) groups excluding carboxylic acids is 2. The Morgan fingerprint density at radius 2 is 1.57 bits per heavy atom. The van der Waals surface area contributed by atoms with Gasteiger partial charge in [0.1, 0.15) is 11.4 Å². The van der Waals surface area contributed by atoms with Crippen LogP contribution in [0.3, 0.4) is 0 Å². The Kier molecular flexibility index (Phi) is 5.59. The number of piperazine rings is 1. The molecule has 0 N–H and O–H groups in total. The number of imide groups is 1. The number of hydrogen-bond donors (Lipinski definition) is 0. The van der Waals surface area contributed by atoms with Crippen molar-refractivity contribution in [1.82, 2.24) is 9.80 Å². The van der Waals surface area contributed by atoms with Crippen LogP contribution in [0.2, 0.25) is 0 Å². The molecular weight excluding hydrogens is 378 g/mol. The Labute approximate surface area is 177 Å². The molecule has 2 aliphatic rings. The summed E-state index contributed by atoms with van der Waals surface area (Å²) in [5.74, 6) is -0.0539. The minimum Gasteiger partial charge on any atom is -0.492 e. The summed E-state index contributed by atoms with van der Waals surface area (Å²) in [5, 5.41) is 0. The maximum absolute atomic E-state index is 13.6. The fourth-order valence-electron chi connectivity index (χ4n) is 3.96. The lowest BCUT2D eigenvalue weighted by atomic mass is 10.0. The zero-order chi connectivity index (χ0) is 21.3. The zero-order valence-electron chi connectivity index (χ0n) is 17.7. The van der Waals surface area contributed by atoms with Crippen LogP contribution in [0.15, 0.2) is 54.2 Å². The fourth-order valence-corrected chi connectivity index (χ4v) is 3.96. The molecule has 2 aliphatic heterocycles. The van der Waals surface area contributed by atoms with E-state index in [4.69, 9.17) is 4.74 Å². The molecule has 2 aromatic carbocycles. The highest BCUT2D eigenvalue weighted by Gasteiger charge is 2.43. The highest BCUT2D eigenvalue weighted by Crippen LogP contribution is 2.38. The molecule has 2 aromatic rings. The molecular formula is C24H27N3O3. The summed E-state index contributed by atoms with van der Waals surface area (Å²) in [6, 6.07) is 15.0. The van der Waals surface area contributed by atoms with E-state index in [1.54, 1.807) is 12.1 Å². The second-order valence-corrected chi connectivity index (χ2v) is 7.73. The van der Waals surface area contributed by atoms with E-state index < -0.39 is 0 Å². The van der Waals surface area contributed by atoms with Gasteiger partial charge in [-0.2, -0.15) is 0 Å². The molecule has 0 unspecified atom stereocenters. The van der Waals surface area contributed by atoms with Gasteiger partial charge >= 0.3 is 0 Å². The van der Waals surface area contributed by atoms with Gasteiger partial charge in [-0.15, -0.1) is 0 Å². The Hall–Kier alpha value is -3.12. The van der Waals surface area contributed by atoms with Gasteiger partial charge in [0.2, 0.25) is 0 Å². The Bertz CT molecular complexity index is 989. The summed E-state index contributed by atoms with van der Waals surface area (Å²) in [7, 11) is 2.07. The van der Waals surface area contributed by atoms with E-state index >= 15 is 0 Å². The first-order valence-electron chi connectivity index (χ1n) is 10.4. The number of rotatable bonds is 5. The number of amides is 2. The van der Waals surface area contributed by atoms with Gasteiger partial charge in [-0.05, 0) is 38.6 Å². The summed E-state index contributed by atoms with van der Waals surface area (Å²) in [4.78, 5) is 32.8. The molecule has 0 spiro atoms. The minimum atomic E-state index is -0.301. The van der Waals surface area contributed by atoms with Crippen LogP contribution >= 0.6 is 0 Å². The highest BCUT2D eigenvalue weighted by molar-refractivity contribution is 6.45. The number of aryl methyl sites for hydroxylation is 1. The molecule has 2 amide bonds. The van der Waals surface area contributed by atoms with Crippen molar-refractivity contribution in [1.29, 1.82) is 0 Å². The van der Waals surface area contributed by atoms with Gasteiger partial charge in [-0.1, -0.05) is 42.0 Å². The maximum Gasteiger partial charge on any atom is 0.282 e. The van der Waals surface area contributed by atoms with Crippen LogP contribution in [0.5, 0.6) is 5.75 Å². The molecule has 6 nitrogen and oxygen atoms in total. The molecule has 4 rings (SSSR count). The monoisotopic (exact) mass is 405 g/mol. The minimum absolute atomic E-state index is 0.285. The number of hydrogen-bond acceptors (Lipinski definition) is 5. The van der Waals surface area contributed by atoms with E-state index in [0.717, 1.165) is 24.2 Å². The summed E-state index contributed by atoms with van der Waals surface area (Å²) in [5.41, 5.74) is 3.32. The van der Waals surface area contributed by atoms with Crippen molar-refractivity contribution in [2.75, 3.05) is 44.7 Å². The third kappa shape index (κ3) is 3.59. The molecule has 156 valence electrons. The second kappa shape index (κ2) is 8.32. The summed E-state index contributed by atoms with van der Waals surface area (Å²) in [6.45, 7) is 7.46. The smallest absolute Gasteiger partial charge is 0.282 e. The molecule has 2 heterocycles. The van der Waals surface area contributed by atoms with Crippen molar-refractivity contribution >= 4 is 23.1 Å². The molecule has 30 heavy (non-hydrogen) atoms. The maximum atomic E-state index is 13.6. The predicted octanol–water partition coefficient (Wildman–Crippen LogP) is 2.93. The first kappa shape index (κ1) is 20.2. The summed E-state index contributed by atoms with van der Waals surface area (Å²) >= 11 is 0. The number of ether oxygens (including phenoxy) is 1. The van der Waals surface area contributed by atoms with Crippen LogP contribution in [0.25, 0.3) is 5.57 Å². The van der Waals surface area contributed by atoms with E-state index in [-0.39, 0.29) is 11.8 Å². The lowest BCUT2D eigenvalue weighted by Gasteiger charge is -2.34. The molecule has 0 aromatic heterocycles. The van der Waals surface area contributed by atoms with Crippen LogP contribution in [0.1, 0.15) is 18.1 Å². The number of anilines is 1. The number of para-hydroxylation sites is 2. The first-order chi connectivity index (χ1) is 14.5. The standard InChI is InChI=1S/C24H27N3O3/c1-4-30-20-8-6-5-7-19(20)27-23(28)21(18-11-9-17(2)10-12-18)22(24(27)29)26-15-13-25(3)14-16-26/h5-12H,4,13-16H2,1-3H3. The van der Waals surface area contributed by atoms with Gasteiger partial charge in [0.05, 0.1) is 17.9 Å². The van der Waals surface area contributed by atoms with Crippen LogP contribution in [0.4, 0.5) is 5.69 Å². The van der Waals surface area contributed by atoms with Crippen LogP contribution in [-0.2, 0) is 9.59 Å². The van der Waals surface area contributed by atoms with Crippen molar-refractivity contribution in [2.24, 2.45) is 0 Å². The van der Waals surface area contributed by atoms with Crippen molar-refractivity contribution in [3.63, 3.8) is 0 Å². The van der Waals surface area contributed by atoms with Gasteiger partial charge < -0.3 is 14.5 Å². The molecule has 6 heteroatoms. The lowest BCUT2D eigenvalue weighted by Crippen LogP contribution is -2.46. The van der Waals surface area contributed by atoms with Gasteiger partial charge in [-0.3, -0.25) is 9.59 Å². The Morgan fingerprint density at radius 3 is 2.23 bits per heavy atom. The quantitative estimate of drug-likeness (QED) is 0.716. The predicted molar refractivity (Wildman–Crippen MR) is 117 cm³/mol. The van der Waals surface area contributed by atoms with Gasteiger partial charge in [0.15, 0.2) is 0 Å². The second-order valence-electron chi connectivity index (χ2n) is 7.73. The van der Waals surface area contributed by atoms with Crippen molar-refractivity contribution < 1.29 is 14.3 Å². The molecule has 0 atom stereocenters. The molecule has 1 saturated heterocycles. The number of benzene rings is 2. The van der Waals surface area contributed by atoms with Gasteiger partial charge in [0.25, 0.3) is 11.8 Å². The average molecular weight is 405 g/mol. The first-order valence-corrected chi connectivity index (χ1v) is 10.4. The highest BCUT2D eigenvalue weighted by atomic mass is 16.5. The topological polar surface area (TPSA) is 53.1 Å². The van der Waals surface area contributed by atoms with E-state index in [2.05, 4.69) is 16.8 Å². The van der Waals surface area contributed by atoms with Crippen molar-refractivity contribution in [3.05, 3.63) is 65.4 Å². The van der Waals surface area contributed by atoms with E-state index in [1.807, 2.05) is 50.2 Å². The Morgan fingerprint density at radius 1 is 0.900 bits per heavy atom. The van der Waals surface area contributed by atoms with Crippen molar-refractivity contribution in [3.8, 4) is 5.75 Å². The SMILES string of the molecule is CCOc1ccccc1N1C(=O)C(c2ccc(C)cc2)=C(N2CCN(C)CC2)C1=O. The molecule has 0 saturated carbocycles. The van der Waals surface area contributed by atoms with E-state index in [0.29, 0.717) is 42.4 Å². The number of likely N-dealkylation sites (N-methyl/N-ethyl adjacent to an activating group) is 1. The molecule has 0 radical (unpaired) electrons. The van der Waals surface area contributed by atoms with Crippen LogP contribution in [0, 0.1) is 6.92 Å². The van der Waals surface area contributed by atoms with Crippen LogP contribution < -0.4 is 9.64 Å². The molecule has 0 bridgehead atoms. The third-order valence-corrected chi connectivity index (χ3v) is 5.63. The third-order valence-electron chi connectivity index (χ3n) is 5.63. The van der Waals surface area contributed by atoms with Crippen LogP contribution in [-0.4, -0.2) is 61.4 Å². The van der Waals surface area contributed by atoms with Gasteiger partial charge in [0, 0.05) is 26.2 Å². The van der Waals surface area contributed by atoms with Gasteiger partial charge in [-0.25, -0.2) is 4.90 Å². The Balaban J connectivity index is 1.81. The largest absolute Gasteiger partial charge is 0.492 e. The fraction of sp³-hybridized carbons (Fsp3) is 0.333.